The molecule has 2 aromatic rings. The van der Waals surface area contributed by atoms with Crippen LogP contribution in [0.1, 0.15) is 12.5 Å². The number of halogens is 1. The van der Waals surface area contributed by atoms with Gasteiger partial charge in [0.15, 0.2) is 0 Å². The van der Waals surface area contributed by atoms with E-state index in [9.17, 15) is 19.4 Å². The number of carbonyl (C=O) groups excluding carboxylic acids is 1. The van der Waals surface area contributed by atoms with Crippen molar-refractivity contribution < 1.29 is 24.1 Å². The highest BCUT2D eigenvalue weighted by Gasteiger charge is 2.33. The number of rotatable bonds is 4. The molecule has 0 saturated heterocycles. The Morgan fingerprint density at radius 3 is 2.63 bits per heavy atom. The van der Waals surface area contributed by atoms with Crippen molar-refractivity contribution in [1.29, 1.82) is 0 Å². The van der Waals surface area contributed by atoms with E-state index in [-0.39, 0.29) is 28.7 Å². The Bertz CT molecular complexity index is 964. The van der Waals surface area contributed by atoms with Gasteiger partial charge >= 0.3 is 5.97 Å². The monoisotopic (exact) mass is 385 g/mol. The van der Waals surface area contributed by atoms with E-state index in [1.54, 1.807) is 25.1 Å². The molecule has 0 saturated carbocycles. The summed E-state index contributed by atoms with van der Waals surface area (Å²) in [7, 11) is 0. The number of phenols is 1. The molecule has 2 N–H and O–H groups in total. The van der Waals surface area contributed by atoms with Crippen molar-refractivity contribution in [3.63, 3.8) is 0 Å². The lowest BCUT2D eigenvalue weighted by atomic mass is 10.1. The number of benzene rings is 2. The molecule has 2 aromatic carbocycles. The molecular formula is C20H16FNO4S. The van der Waals surface area contributed by atoms with Crippen molar-refractivity contribution in [1.82, 2.24) is 0 Å². The summed E-state index contributed by atoms with van der Waals surface area (Å²) in [6.07, 6.45) is 1.63. The second kappa shape index (κ2) is 8.09. The van der Waals surface area contributed by atoms with Gasteiger partial charge in [0.05, 0.1) is 17.2 Å². The molecular weight excluding hydrogens is 369 g/mol. The highest BCUT2D eigenvalue weighted by molar-refractivity contribution is 8.18. The Labute approximate surface area is 159 Å². The molecule has 0 unspecified atom stereocenters. The minimum atomic E-state index is -0.692. The largest absolute Gasteiger partial charge is 0.508 e. The van der Waals surface area contributed by atoms with Crippen LogP contribution in [0.25, 0.3) is 6.08 Å². The van der Waals surface area contributed by atoms with Crippen LogP contribution in [0.15, 0.2) is 69.8 Å². The van der Waals surface area contributed by atoms with E-state index in [1.807, 2.05) is 0 Å². The number of aliphatic hydroxyl groups is 1. The molecule has 0 amide bonds. The molecule has 0 radical (unpaired) electrons. The lowest BCUT2D eigenvalue weighted by Gasteiger charge is -2.03. The van der Waals surface area contributed by atoms with E-state index in [0.29, 0.717) is 16.2 Å². The molecule has 0 fully saturated rings. The number of thioether (sulfide) groups is 1. The number of aliphatic imine (C=N–C) groups is 1. The Kier molecular flexibility index (Phi) is 5.61. The molecule has 5 nitrogen and oxygen atoms in total. The van der Waals surface area contributed by atoms with Crippen LogP contribution < -0.4 is 0 Å². The zero-order valence-corrected chi connectivity index (χ0v) is 15.2. The fraction of sp³-hybridized carbons (Fsp3) is 0.100. The third-order valence-electron chi connectivity index (χ3n) is 3.60. The van der Waals surface area contributed by atoms with E-state index in [2.05, 4.69) is 4.99 Å². The normalized spacial score (nSPS) is 17.0. The van der Waals surface area contributed by atoms with Crippen molar-refractivity contribution in [3.8, 4) is 5.75 Å². The van der Waals surface area contributed by atoms with Crippen LogP contribution in [0.4, 0.5) is 10.1 Å². The Balaban J connectivity index is 2.03. The summed E-state index contributed by atoms with van der Waals surface area (Å²) in [4.78, 5) is 17.0. The summed E-state index contributed by atoms with van der Waals surface area (Å²) in [5.41, 5.74) is 1.04. The quantitative estimate of drug-likeness (QED) is 0.744. The van der Waals surface area contributed by atoms with Crippen molar-refractivity contribution in [2.45, 2.75) is 6.92 Å². The molecule has 0 aliphatic carbocycles. The van der Waals surface area contributed by atoms with Gasteiger partial charge in [-0.05, 0) is 55.0 Å². The number of phenolic OH excluding ortho intramolecular Hbond substituents is 1. The summed E-state index contributed by atoms with van der Waals surface area (Å²) >= 11 is 1.09. The number of ether oxygens (including phenoxy) is 1. The van der Waals surface area contributed by atoms with Crippen LogP contribution in [-0.2, 0) is 9.53 Å². The summed E-state index contributed by atoms with van der Waals surface area (Å²) in [6, 6.07) is 11.9. The van der Waals surface area contributed by atoms with Gasteiger partial charge in [0, 0.05) is 0 Å². The lowest BCUT2D eigenvalue weighted by Crippen LogP contribution is -2.12. The molecule has 138 valence electrons. The molecule has 0 spiro atoms. The number of hydrogen-bond acceptors (Lipinski definition) is 6. The van der Waals surface area contributed by atoms with E-state index >= 15 is 0 Å². The van der Waals surface area contributed by atoms with Gasteiger partial charge in [-0.2, -0.15) is 0 Å². The summed E-state index contributed by atoms with van der Waals surface area (Å²) in [5, 5.41) is 20.4. The second-order valence-electron chi connectivity index (χ2n) is 5.54. The number of aromatic hydroxyl groups is 1. The standard InChI is InChI=1S/C20H16FNO4S/c1-2-26-20(25)17-18(24)16(11-12-4-3-5-15(23)10-12)27-19(17)22-14-8-6-13(21)7-9-14/h3-11,23-24H,2H2,1H3. The number of hydrogen-bond donors (Lipinski definition) is 2. The van der Waals surface area contributed by atoms with Crippen LogP contribution in [0.3, 0.4) is 0 Å². The maximum atomic E-state index is 13.1. The minimum absolute atomic E-state index is 0.0439. The van der Waals surface area contributed by atoms with Crippen molar-refractivity contribution in [3.05, 3.63) is 76.1 Å². The van der Waals surface area contributed by atoms with Gasteiger partial charge in [0.25, 0.3) is 0 Å². The molecule has 3 rings (SSSR count). The van der Waals surface area contributed by atoms with Gasteiger partial charge in [0.1, 0.15) is 27.9 Å². The summed E-state index contributed by atoms with van der Waals surface area (Å²) in [5.74, 6) is -1.25. The maximum absolute atomic E-state index is 13.1. The summed E-state index contributed by atoms with van der Waals surface area (Å²) < 4.78 is 18.1. The lowest BCUT2D eigenvalue weighted by molar-refractivity contribution is -0.138. The average molecular weight is 385 g/mol. The number of carbonyl (C=O) groups is 1. The zero-order valence-electron chi connectivity index (χ0n) is 14.3. The first-order valence-corrected chi connectivity index (χ1v) is 8.93. The zero-order chi connectivity index (χ0) is 19.4. The van der Waals surface area contributed by atoms with Crippen molar-refractivity contribution in [2.75, 3.05) is 6.61 Å². The Morgan fingerprint density at radius 2 is 1.96 bits per heavy atom. The first-order chi connectivity index (χ1) is 13.0. The molecule has 27 heavy (non-hydrogen) atoms. The highest BCUT2D eigenvalue weighted by Crippen LogP contribution is 2.40. The Morgan fingerprint density at radius 1 is 1.22 bits per heavy atom. The molecule has 0 atom stereocenters. The fourth-order valence-electron chi connectivity index (χ4n) is 2.39. The predicted octanol–water partition coefficient (Wildman–Crippen LogP) is 4.72. The highest BCUT2D eigenvalue weighted by atomic mass is 32.2. The molecule has 1 aliphatic rings. The van der Waals surface area contributed by atoms with Crippen LogP contribution in [0, 0.1) is 5.82 Å². The number of aliphatic hydroxyl groups excluding tert-OH is 1. The molecule has 1 heterocycles. The third-order valence-corrected chi connectivity index (χ3v) is 4.62. The maximum Gasteiger partial charge on any atom is 0.344 e. The Hall–Kier alpha value is -3.06. The van der Waals surface area contributed by atoms with Gasteiger partial charge in [-0.25, -0.2) is 14.2 Å². The van der Waals surface area contributed by atoms with Crippen LogP contribution in [0.5, 0.6) is 5.75 Å². The number of nitrogens with zero attached hydrogens (tertiary/aromatic N) is 1. The third kappa shape index (κ3) is 4.38. The van der Waals surface area contributed by atoms with E-state index in [4.69, 9.17) is 4.74 Å². The van der Waals surface area contributed by atoms with Crippen molar-refractivity contribution in [2.24, 2.45) is 4.99 Å². The molecule has 0 bridgehead atoms. The number of esters is 1. The van der Waals surface area contributed by atoms with Crippen LogP contribution >= 0.6 is 11.8 Å². The van der Waals surface area contributed by atoms with Gasteiger partial charge in [-0.1, -0.05) is 23.9 Å². The molecule has 0 aromatic heterocycles. The van der Waals surface area contributed by atoms with E-state index < -0.39 is 11.8 Å². The topological polar surface area (TPSA) is 79.1 Å². The average Bonchev–Trinajstić information content (AvgIpc) is 2.92. The molecule has 7 heteroatoms. The van der Waals surface area contributed by atoms with Crippen LogP contribution in [-0.4, -0.2) is 27.8 Å². The molecule has 1 aliphatic heterocycles. The predicted molar refractivity (Wildman–Crippen MR) is 103 cm³/mol. The first-order valence-electron chi connectivity index (χ1n) is 8.12. The smallest absolute Gasteiger partial charge is 0.344 e. The van der Waals surface area contributed by atoms with Gasteiger partial charge < -0.3 is 14.9 Å². The first kappa shape index (κ1) is 18.7. The SMILES string of the molecule is CCOC(=O)C1=C(O)C(=Cc2cccc(O)c2)SC1=Nc1ccc(F)cc1. The second-order valence-corrected chi connectivity index (χ2v) is 6.57. The van der Waals surface area contributed by atoms with Crippen LogP contribution in [0.2, 0.25) is 0 Å². The fourth-order valence-corrected chi connectivity index (χ4v) is 3.43. The van der Waals surface area contributed by atoms with E-state index in [0.717, 1.165) is 11.8 Å². The van der Waals surface area contributed by atoms with Crippen molar-refractivity contribution >= 4 is 34.5 Å². The van der Waals surface area contributed by atoms with Gasteiger partial charge in [-0.15, -0.1) is 0 Å². The van der Waals surface area contributed by atoms with E-state index in [1.165, 1.54) is 36.4 Å². The van der Waals surface area contributed by atoms with Gasteiger partial charge in [-0.3, -0.25) is 0 Å². The van der Waals surface area contributed by atoms with Gasteiger partial charge in [0.2, 0.25) is 0 Å². The summed E-state index contributed by atoms with van der Waals surface area (Å²) in [6.45, 7) is 1.81. The minimum Gasteiger partial charge on any atom is -0.508 e.